The van der Waals surface area contributed by atoms with Gasteiger partial charge in [-0.1, -0.05) is 65.8 Å². The van der Waals surface area contributed by atoms with Crippen molar-refractivity contribution in [2.75, 3.05) is 6.54 Å². The molecule has 0 saturated carbocycles. The number of hydrogen-bond donors (Lipinski definition) is 1. The fourth-order valence-electron chi connectivity index (χ4n) is 2.20. The van der Waals surface area contributed by atoms with Crippen molar-refractivity contribution in [3.8, 4) is 0 Å². The topological polar surface area (TPSA) is 12.0 Å². The van der Waals surface area contributed by atoms with Gasteiger partial charge in [0.15, 0.2) is 0 Å². The summed E-state index contributed by atoms with van der Waals surface area (Å²) in [6, 6.07) is 9.70. The van der Waals surface area contributed by atoms with Gasteiger partial charge in [-0.3, -0.25) is 0 Å². The molecule has 0 aliphatic rings. The molecule has 0 aliphatic heterocycles. The van der Waals surface area contributed by atoms with E-state index in [1.807, 2.05) is 0 Å². The van der Waals surface area contributed by atoms with Crippen molar-refractivity contribution >= 4 is 0 Å². The molecule has 1 atom stereocenters. The summed E-state index contributed by atoms with van der Waals surface area (Å²) in [4.78, 5) is 0. The molecule has 1 heteroatoms. The molecular formula is C17H29N. The second kappa shape index (κ2) is 6.38. The minimum absolute atomic E-state index is 0.248. The van der Waals surface area contributed by atoms with Crippen LogP contribution in [0.3, 0.4) is 0 Å². The van der Waals surface area contributed by atoms with Crippen LogP contribution < -0.4 is 5.32 Å². The Labute approximate surface area is 113 Å². The summed E-state index contributed by atoms with van der Waals surface area (Å²) in [7, 11) is 0. The number of nitrogens with one attached hydrogen (secondary N) is 1. The third kappa shape index (κ3) is 4.45. The van der Waals surface area contributed by atoms with Crippen LogP contribution in [0.1, 0.15) is 52.7 Å². The Morgan fingerprint density at radius 2 is 1.61 bits per heavy atom. The minimum atomic E-state index is 0.248. The number of benzene rings is 1. The summed E-state index contributed by atoms with van der Waals surface area (Å²) >= 11 is 0. The molecule has 1 aromatic carbocycles. The predicted octanol–water partition coefficient (Wildman–Crippen LogP) is 4.16. The molecule has 0 fully saturated rings. The third-order valence-electron chi connectivity index (χ3n) is 3.55. The van der Waals surface area contributed by atoms with Crippen LogP contribution in [0.5, 0.6) is 0 Å². The van der Waals surface area contributed by atoms with E-state index in [0.29, 0.717) is 12.0 Å². The molecule has 1 rings (SSSR count). The second-order valence-corrected chi connectivity index (χ2v) is 6.56. The van der Waals surface area contributed by atoms with Crippen molar-refractivity contribution in [3.63, 3.8) is 0 Å². The van der Waals surface area contributed by atoms with Crippen LogP contribution >= 0.6 is 0 Å². The van der Waals surface area contributed by atoms with E-state index in [2.05, 4.69) is 71.1 Å². The Balaban J connectivity index is 2.73. The Bertz CT molecular complexity index is 343. The maximum absolute atomic E-state index is 3.58. The van der Waals surface area contributed by atoms with Crippen LogP contribution in [0.2, 0.25) is 0 Å². The lowest BCUT2D eigenvalue weighted by Gasteiger charge is -2.23. The monoisotopic (exact) mass is 247 g/mol. The van der Waals surface area contributed by atoms with Crippen LogP contribution in [0.25, 0.3) is 0 Å². The summed E-state index contributed by atoms with van der Waals surface area (Å²) in [6.45, 7) is 14.6. The predicted molar refractivity (Wildman–Crippen MR) is 81.1 cm³/mol. The summed E-state index contributed by atoms with van der Waals surface area (Å²) in [5.41, 5.74) is 3.09. The van der Waals surface area contributed by atoms with E-state index in [1.54, 1.807) is 0 Å². The molecule has 0 aromatic heterocycles. The van der Waals surface area contributed by atoms with Crippen LogP contribution in [-0.4, -0.2) is 12.6 Å². The molecule has 0 heterocycles. The lowest BCUT2D eigenvalue weighted by atomic mass is 9.86. The van der Waals surface area contributed by atoms with Gasteiger partial charge in [-0.2, -0.15) is 0 Å². The van der Waals surface area contributed by atoms with Gasteiger partial charge in [0, 0.05) is 6.04 Å². The fraction of sp³-hybridized carbons (Fsp3) is 0.647. The molecule has 0 spiro atoms. The number of hydrogen-bond acceptors (Lipinski definition) is 1. The van der Waals surface area contributed by atoms with E-state index in [4.69, 9.17) is 0 Å². The van der Waals surface area contributed by atoms with Gasteiger partial charge in [0.05, 0.1) is 0 Å². The van der Waals surface area contributed by atoms with Gasteiger partial charge in [-0.05, 0) is 35.4 Å². The Kier molecular flexibility index (Phi) is 5.40. The van der Waals surface area contributed by atoms with E-state index in [-0.39, 0.29) is 5.41 Å². The minimum Gasteiger partial charge on any atom is -0.314 e. The van der Waals surface area contributed by atoms with E-state index in [1.165, 1.54) is 11.1 Å². The molecule has 0 bridgehead atoms. The zero-order valence-corrected chi connectivity index (χ0v) is 12.9. The summed E-state index contributed by atoms with van der Waals surface area (Å²) in [6.07, 6.45) is 1.12. The average Bonchev–Trinajstić information content (AvgIpc) is 2.28. The quantitative estimate of drug-likeness (QED) is 0.824. The molecule has 0 saturated heterocycles. The Morgan fingerprint density at radius 3 is 2.00 bits per heavy atom. The third-order valence-corrected chi connectivity index (χ3v) is 3.55. The lowest BCUT2D eigenvalue weighted by Crippen LogP contribution is -2.35. The van der Waals surface area contributed by atoms with Crippen LogP contribution in [0.4, 0.5) is 0 Å². The van der Waals surface area contributed by atoms with E-state index in [0.717, 1.165) is 13.0 Å². The maximum Gasteiger partial charge on any atom is 0.0130 e. The Hall–Kier alpha value is -0.820. The normalized spacial score (nSPS) is 13.9. The standard InChI is InChI=1S/C17H29N/c1-7-18-16(13(2)3)12-14-8-10-15(11-9-14)17(4,5)6/h8-11,13,16,18H,7,12H2,1-6H3. The summed E-state index contributed by atoms with van der Waals surface area (Å²) in [5.74, 6) is 0.673. The molecule has 1 N–H and O–H groups in total. The largest absolute Gasteiger partial charge is 0.314 e. The number of likely N-dealkylation sites (N-methyl/N-ethyl adjacent to an activating group) is 1. The summed E-state index contributed by atoms with van der Waals surface area (Å²) < 4.78 is 0. The van der Waals surface area contributed by atoms with Crippen molar-refractivity contribution in [2.45, 2.75) is 59.4 Å². The van der Waals surface area contributed by atoms with Crippen LogP contribution in [0, 0.1) is 5.92 Å². The van der Waals surface area contributed by atoms with Crippen molar-refractivity contribution in [1.29, 1.82) is 0 Å². The molecule has 102 valence electrons. The van der Waals surface area contributed by atoms with Crippen molar-refractivity contribution < 1.29 is 0 Å². The highest BCUT2D eigenvalue weighted by atomic mass is 14.9. The first kappa shape index (κ1) is 15.2. The molecule has 18 heavy (non-hydrogen) atoms. The van der Waals surface area contributed by atoms with E-state index in [9.17, 15) is 0 Å². The summed E-state index contributed by atoms with van der Waals surface area (Å²) in [5, 5.41) is 3.58. The first-order valence-electron chi connectivity index (χ1n) is 7.17. The van der Waals surface area contributed by atoms with Crippen LogP contribution in [-0.2, 0) is 11.8 Å². The first-order valence-corrected chi connectivity index (χ1v) is 7.17. The zero-order chi connectivity index (χ0) is 13.8. The fourth-order valence-corrected chi connectivity index (χ4v) is 2.20. The molecule has 1 nitrogen and oxygen atoms in total. The SMILES string of the molecule is CCNC(Cc1ccc(C(C)(C)C)cc1)C(C)C. The number of rotatable bonds is 5. The van der Waals surface area contributed by atoms with Crippen LogP contribution in [0.15, 0.2) is 24.3 Å². The highest BCUT2D eigenvalue weighted by Gasteiger charge is 2.15. The van der Waals surface area contributed by atoms with Gasteiger partial charge in [-0.15, -0.1) is 0 Å². The maximum atomic E-state index is 3.58. The lowest BCUT2D eigenvalue weighted by molar-refractivity contribution is 0.405. The molecule has 0 amide bonds. The molecule has 0 aliphatic carbocycles. The highest BCUT2D eigenvalue weighted by Crippen LogP contribution is 2.22. The average molecular weight is 247 g/mol. The van der Waals surface area contributed by atoms with Crippen molar-refractivity contribution in [3.05, 3.63) is 35.4 Å². The van der Waals surface area contributed by atoms with Gasteiger partial charge in [0.2, 0.25) is 0 Å². The molecule has 1 unspecified atom stereocenters. The van der Waals surface area contributed by atoms with E-state index < -0.39 is 0 Å². The van der Waals surface area contributed by atoms with E-state index >= 15 is 0 Å². The van der Waals surface area contributed by atoms with Crippen molar-refractivity contribution in [1.82, 2.24) is 5.32 Å². The molecule has 0 radical (unpaired) electrons. The smallest absolute Gasteiger partial charge is 0.0130 e. The van der Waals surface area contributed by atoms with Crippen molar-refractivity contribution in [2.24, 2.45) is 5.92 Å². The van der Waals surface area contributed by atoms with Gasteiger partial charge in [-0.25, -0.2) is 0 Å². The highest BCUT2D eigenvalue weighted by molar-refractivity contribution is 5.28. The molecular weight excluding hydrogens is 218 g/mol. The van der Waals surface area contributed by atoms with Gasteiger partial charge >= 0.3 is 0 Å². The van der Waals surface area contributed by atoms with Gasteiger partial charge in [0.1, 0.15) is 0 Å². The Morgan fingerprint density at radius 1 is 1.06 bits per heavy atom. The zero-order valence-electron chi connectivity index (χ0n) is 12.9. The first-order chi connectivity index (χ1) is 8.34. The van der Waals surface area contributed by atoms with Gasteiger partial charge < -0.3 is 5.32 Å². The molecule has 1 aromatic rings. The second-order valence-electron chi connectivity index (χ2n) is 6.56. The van der Waals surface area contributed by atoms with Gasteiger partial charge in [0.25, 0.3) is 0 Å².